The quantitative estimate of drug-likeness (QED) is 0.779. The number of nitrogens with zero attached hydrogens (tertiary/aromatic N) is 2. The fourth-order valence-corrected chi connectivity index (χ4v) is 2.81. The molecule has 1 fully saturated rings. The molecule has 0 saturated carbocycles. The number of hydrogen-bond donors (Lipinski definition) is 0. The van der Waals surface area contributed by atoms with Gasteiger partial charge in [-0.3, -0.25) is 0 Å². The number of alkyl halides is 1. The van der Waals surface area contributed by atoms with E-state index in [1.165, 1.54) is 18.4 Å². The van der Waals surface area contributed by atoms with Crippen molar-refractivity contribution in [2.75, 3.05) is 24.6 Å². The van der Waals surface area contributed by atoms with Crippen LogP contribution in [0, 0.1) is 0 Å². The molecule has 2 rings (SSSR count). The van der Waals surface area contributed by atoms with Gasteiger partial charge in [-0.1, -0.05) is 28.9 Å². The van der Waals surface area contributed by atoms with Crippen molar-refractivity contribution in [3.63, 3.8) is 0 Å². The second-order valence-corrected chi connectivity index (χ2v) is 5.26. The Morgan fingerprint density at radius 1 is 1.56 bits per heavy atom. The van der Waals surface area contributed by atoms with E-state index in [2.05, 4.69) is 38.8 Å². The number of piperidine rings is 1. The Labute approximate surface area is 118 Å². The molecule has 0 bridgehead atoms. The van der Waals surface area contributed by atoms with E-state index >= 15 is 0 Å². The maximum atomic E-state index is 5.88. The smallest absolute Gasteiger partial charge is 0.132 e. The topological polar surface area (TPSA) is 25.4 Å². The van der Waals surface area contributed by atoms with E-state index in [0.717, 1.165) is 37.3 Å². The van der Waals surface area contributed by atoms with Gasteiger partial charge in [0.1, 0.15) is 5.82 Å². The third-order valence-corrected chi connectivity index (χ3v) is 3.85. The largest absolute Gasteiger partial charge is 0.376 e. The Balaban J connectivity index is 2.03. The number of aromatic nitrogens is 1. The zero-order valence-corrected chi connectivity index (χ0v) is 12.5. The minimum absolute atomic E-state index is 0.365. The lowest BCUT2D eigenvalue weighted by Gasteiger charge is -2.34. The molecule has 1 unspecified atom stereocenters. The Kier molecular flexibility index (Phi) is 5.45. The number of rotatable bonds is 5. The lowest BCUT2D eigenvalue weighted by atomic mass is 10.1. The highest BCUT2D eigenvalue weighted by molar-refractivity contribution is 9.08. The van der Waals surface area contributed by atoms with Gasteiger partial charge in [0.15, 0.2) is 0 Å². The fraction of sp³-hybridized carbons (Fsp3) is 0.643. The lowest BCUT2D eigenvalue weighted by Crippen LogP contribution is -2.40. The third-order valence-electron chi connectivity index (χ3n) is 3.25. The summed E-state index contributed by atoms with van der Waals surface area (Å²) in [5.74, 6) is 1.11. The molecule has 0 N–H and O–H groups in total. The summed E-state index contributed by atoms with van der Waals surface area (Å²) in [6, 6.07) is 4.13. The molecule has 0 spiro atoms. The number of ether oxygens (including phenoxy) is 1. The van der Waals surface area contributed by atoms with Gasteiger partial charge >= 0.3 is 0 Å². The first-order chi connectivity index (χ1) is 8.85. The molecule has 0 aliphatic carbocycles. The Bertz CT molecular complexity index is 373. The number of halogens is 1. The van der Waals surface area contributed by atoms with Crippen molar-refractivity contribution in [3.8, 4) is 0 Å². The van der Waals surface area contributed by atoms with E-state index in [1.807, 2.05) is 12.3 Å². The Morgan fingerprint density at radius 3 is 3.22 bits per heavy atom. The predicted octanol–water partition coefficient (Wildman–Crippen LogP) is 3.37. The Morgan fingerprint density at radius 2 is 2.44 bits per heavy atom. The van der Waals surface area contributed by atoms with Crippen LogP contribution in [0.4, 0.5) is 5.82 Å². The molecule has 1 saturated heterocycles. The number of hydrogen-bond acceptors (Lipinski definition) is 3. The van der Waals surface area contributed by atoms with Crippen molar-refractivity contribution in [2.24, 2.45) is 0 Å². The first-order valence-electron chi connectivity index (χ1n) is 6.71. The van der Waals surface area contributed by atoms with Gasteiger partial charge in [0.05, 0.1) is 6.10 Å². The van der Waals surface area contributed by atoms with Crippen LogP contribution in [0.5, 0.6) is 0 Å². The van der Waals surface area contributed by atoms with Crippen LogP contribution < -0.4 is 4.90 Å². The van der Waals surface area contributed by atoms with Gasteiger partial charge in [-0.15, -0.1) is 0 Å². The third kappa shape index (κ3) is 3.45. The molecule has 0 amide bonds. The van der Waals surface area contributed by atoms with E-state index in [-0.39, 0.29) is 0 Å². The van der Waals surface area contributed by atoms with Crippen molar-refractivity contribution in [2.45, 2.75) is 37.6 Å². The summed E-state index contributed by atoms with van der Waals surface area (Å²) < 4.78 is 5.88. The van der Waals surface area contributed by atoms with E-state index in [1.54, 1.807) is 0 Å². The zero-order valence-electron chi connectivity index (χ0n) is 10.9. The molecule has 2 heterocycles. The van der Waals surface area contributed by atoms with Gasteiger partial charge in [-0.2, -0.15) is 0 Å². The first-order valence-corrected chi connectivity index (χ1v) is 7.83. The number of anilines is 1. The fourth-order valence-electron chi connectivity index (χ4n) is 2.37. The summed E-state index contributed by atoms with van der Waals surface area (Å²) in [4.78, 5) is 6.89. The molecule has 1 aromatic heterocycles. The molecule has 1 aliphatic rings. The Hall–Kier alpha value is -0.610. The van der Waals surface area contributed by atoms with Crippen molar-refractivity contribution in [3.05, 3.63) is 23.9 Å². The minimum atomic E-state index is 0.365. The molecule has 1 aliphatic heterocycles. The van der Waals surface area contributed by atoms with Gasteiger partial charge < -0.3 is 9.64 Å². The number of pyridine rings is 1. The highest BCUT2D eigenvalue weighted by Crippen LogP contribution is 2.24. The molecular weight excluding hydrogens is 292 g/mol. The van der Waals surface area contributed by atoms with Crippen LogP contribution in [0.25, 0.3) is 0 Å². The van der Waals surface area contributed by atoms with Crippen molar-refractivity contribution in [1.82, 2.24) is 4.98 Å². The molecule has 18 heavy (non-hydrogen) atoms. The van der Waals surface area contributed by atoms with E-state index < -0.39 is 0 Å². The lowest BCUT2D eigenvalue weighted by molar-refractivity contribution is 0.0439. The van der Waals surface area contributed by atoms with Crippen LogP contribution >= 0.6 is 15.9 Å². The van der Waals surface area contributed by atoms with Crippen molar-refractivity contribution < 1.29 is 4.74 Å². The van der Waals surface area contributed by atoms with Crippen LogP contribution in [0.2, 0.25) is 0 Å². The highest BCUT2D eigenvalue weighted by atomic mass is 79.9. The molecule has 1 aromatic rings. The molecule has 4 heteroatoms. The van der Waals surface area contributed by atoms with Crippen molar-refractivity contribution >= 4 is 21.7 Å². The molecule has 3 nitrogen and oxygen atoms in total. The summed E-state index contributed by atoms with van der Waals surface area (Å²) >= 11 is 3.53. The van der Waals surface area contributed by atoms with Crippen LogP contribution in [0.3, 0.4) is 0 Å². The maximum absolute atomic E-state index is 5.88. The summed E-state index contributed by atoms with van der Waals surface area (Å²) in [5.41, 5.74) is 1.26. The van der Waals surface area contributed by atoms with Gasteiger partial charge in [0.2, 0.25) is 0 Å². The van der Waals surface area contributed by atoms with Gasteiger partial charge in [0.25, 0.3) is 0 Å². The molecule has 1 atom stereocenters. The predicted molar refractivity (Wildman–Crippen MR) is 78.3 cm³/mol. The van der Waals surface area contributed by atoms with E-state index in [9.17, 15) is 0 Å². The summed E-state index contributed by atoms with van der Waals surface area (Å²) in [6.07, 6.45) is 5.69. The van der Waals surface area contributed by atoms with Gasteiger partial charge in [-0.25, -0.2) is 4.98 Å². The SMILES string of the molecule is CCCOC1CCCN(c2ncccc2CBr)C1. The highest BCUT2D eigenvalue weighted by Gasteiger charge is 2.22. The average Bonchev–Trinajstić information content (AvgIpc) is 2.45. The maximum Gasteiger partial charge on any atom is 0.132 e. The molecule has 0 aromatic carbocycles. The van der Waals surface area contributed by atoms with E-state index in [4.69, 9.17) is 4.74 Å². The summed E-state index contributed by atoms with van der Waals surface area (Å²) in [6.45, 7) is 5.08. The van der Waals surface area contributed by atoms with Crippen LogP contribution in [-0.4, -0.2) is 30.8 Å². The van der Waals surface area contributed by atoms with Crippen molar-refractivity contribution in [1.29, 1.82) is 0 Å². The van der Waals surface area contributed by atoms with Crippen LogP contribution in [0.15, 0.2) is 18.3 Å². The normalized spacial score (nSPS) is 20.1. The minimum Gasteiger partial charge on any atom is -0.376 e. The van der Waals surface area contributed by atoms with Crippen LogP contribution in [0.1, 0.15) is 31.7 Å². The van der Waals surface area contributed by atoms with E-state index in [0.29, 0.717) is 6.10 Å². The average molecular weight is 313 g/mol. The monoisotopic (exact) mass is 312 g/mol. The van der Waals surface area contributed by atoms with Gasteiger partial charge in [-0.05, 0) is 25.3 Å². The second kappa shape index (κ2) is 7.10. The summed E-state index contributed by atoms with van der Waals surface area (Å²) in [5, 5.41) is 0.854. The second-order valence-electron chi connectivity index (χ2n) is 4.70. The summed E-state index contributed by atoms with van der Waals surface area (Å²) in [7, 11) is 0. The van der Waals surface area contributed by atoms with Crippen LogP contribution in [-0.2, 0) is 10.1 Å². The first kappa shape index (κ1) is 13.8. The van der Waals surface area contributed by atoms with Gasteiger partial charge in [0, 0.05) is 36.8 Å². The molecule has 0 radical (unpaired) electrons. The standard InChI is InChI=1S/C14H21BrN2O/c1-2-9-18-13-6-4-8-17(11-13)14-12(10-15)5-3-7-16-14/h3,5,7,13H,2,4,6,8-11H2,1H3. The molecular formula is C14H21BrN2O. The zero-order chi connectivity index (χ0) is 12.8. The molecule has 100 valence electrons.